The van der Waals surface area contributed by atoms with Crippen LogP contribution in [0.4, 0.5) is 0 Å². The fraction of sp³-hybridized carbons (Fsp3) is 0. The third-order valence-corrected chi connectivity index (χ3v) is 0. The van der Waals surface area contributed by atoms with Crippen LogP contribution in [0.2, 0.25) is 0 Å². The number of hydrogen-bond acceptors (Lipinski definition) is 8. The van der Waals surface area contributed by atoms with E-state index in [0.29, 0.717) is 0 Å². The first kappa shape index (κ1) is 23.0. The molecule has 8 nitrogen and oxygen atoms in total. The normalized spacial score (nSPS) is 9.67. The van der Waals surface area contributed by atoms with Crippen LogP contribution in [-0.4, -0.2) is 52.1 Å². The molecule has 0 unspecified atom stereocenters. The van der Waals surface area contributed by atoms with Crippen molar-refractivity contribution in [3.63, 3.8) is 0 Å². The van der Waals surface area contributed by atoms with Gasteiger partial charge in [0.25, 0.3) is 0 Å². The summed E-state index contributed by atoms with van der Waals surface area (Å²) in [6.07, 6.45) is 0. The topological polar surface area (TPSA) is 161 Å². The van der Waals surface area contributed by atoms with Gasteiger partial charge in [-0.25, -0.2) is 0 Å². The Morgan fingerprint density at radius 1 is 0.667 bits per heavy atom. The summed E-state index contributed by atoms with van der Waals surface area (Å²) < 4.78 is 68.2. The average Bonchev–Trinajstić information content (AvgIpc) is 1.12. The van der Waals surface area contributed by atoms with Crippen LogP contribution in [0, 0.1) is 0 Å². The molecule has 12 heteroatoms. The van der Waals surface area contributed by atoms with Crippen molar-refractivity contribution in [2.24, 2.45) is 0 Å². The molecule has 0 aromatic heterocycles. The van der Waals surface area contributed by atoms with Crippen LogP contribution in [0.3, 0.4) is 0 Å². The zero-order valence-corrected chi connectivity index (χ0v) is 10.9. The summed E-state index contributed by atoms with van der Waals surface area (Å²) in [7, 11) is -10.3. The quantitative estimate of drug-likeness (QED) is 0.246. The van der Waals surface area contributed by atoms with Crippen molar-refractivity contribution in [2.75, 3.05) is 0 Å². The van der Waals surface area contributed by atoms with Gasteiger partial charge < -0.3 is 18.2 Å². The second-order valence-electron chi connectivity index (χ2n) is 0.816. The van der Waals surface area contributed by atoms with Gasteiger partial charge in [-0.3, -0.25) is 16.8 Å². The Kier molecular flexibility index (Phi) is 16.1. The Morgan fingerprint density at radius 2 is 0.667 bits per heavy atom. The van der Waals surface area contributed by atoms with E-state index in [-0.39, 0.29) is 34.1 Å². The molecule has 0 heterocycles. The summed E-state index contributed by atoms with van der Waals surface area (Å²) in [5.74, 6) is 0. The minimum absolute atomic E-state index is 0. The van der Waals surface area contributed by atoms with E-state index in [1.807, 2.05) is 0 Å². The van der Waals surface area contributed by atoms with Gasteiger partial charge in [0.15, 0.2) is 0 Å². The molecule has 12 heavy (non-hydrogen) atoms. The Morgan fingerprint density at radius 3 is 0.667 bits per heavy atom. The van der Waals surface area contributed by atoms with E-state index in [4.69, 9.17) is 35.0 Å². The predicted molar refractivity (Wildman–Crippen MR) is 32.3 cm³/mol. The van der Waals surface area contributed by atoms with Crippen LogP contribution in [0.1, 0.15) is 0 Å². The van der Waals surface area contributed by atoms with Crippen LogP contribution in [-0.2, 0) is 37.9 Å². The molecule has 0 atom stereocenters. The average molecular weight is 330 g/mol. The number of hydrogen-bond donors (Lipinski definition) is 0. The first-order chi connectivity index (χ1) is 4.00. The molecule has 0 spiro atoms. The van der Waals surface area contributed by atoms with Gasteiger partial charge in [0, 0.05) is 20.8 Å². The second kappa shape index (κ2) is 8.38. The van der Waals surface area contributed by atoms with Crippen molar-refractivity contribution in [1.29, 1.82) is 0 Å². The zero-order chi connectivity index (χ0) is 9.00. The fourth-order valence-electron chi connectivity index (χ4n) is 0. The molecule has 0 saturated heterocycles. The monoisotopic (exact) mass is 331 g/mol. The van der Waals surface area contributed by atoms with Crippen LogP contribution in [0.15, 0.2) is 0 Å². The molecule has 0 bridgehead atoms. The molecule has 0 amide bonds. The van der Waals surface area contributed by atoms with Crippen molar-refractivity contribution in [3.8, 4) is 0 Å². The van der Waals surface area contributed by atoms with Gasteiger partial charge in [-0.15, -0.1) is 0 Å². The maximum absolute atomic E-state index is 8.52. The Labute approximate surface area is 89.8 Å². The Bertz CT molecular complexity index is 213. The number of rotatable bonds is 0. The summed E-state index contributed by atoms with van der Waals surface area (Å²) in [5, 5.41) is 0. The predicted octanol–water partition coefficient (Wildman–Crippen LogP) is -4.13. The molecule has 0 aliphatic rings. The summed E-state index contributed by atoms with van der Waals surface area (Å²) in [6.45, 7) is 0. The molecular weight excluding hydrogens is 326 g/mol. The molecule has 0 saturated carbocycles. The van der Waals surface area contributed by atoms with E-state index in [2.05, 4.69) is 0 Å². The van der Waals surface area contributed by atoms with E-state index in [1.54, 1.807) is 0 Å². The van der Waals surface area contributed by atoms with Crippen molar-refractivity contribution in [2.45, 2.75) is 0 Å². The van der Waals surface area contributed by atoms with E-state index < -0.39 is 20.8 Å². The van der Waals surface area contributed by atoms with Gasteiger partial charge in [-0.1, -0.05) is 0 Å². The van der Waals surface area contributed by atoms with E-state index in [9.17, 15) is 0 Å². The van der Waals surface area contributed by atoms with E-state index >= 15 is 0 Å². The van der Waals surface area contributed by atoms with Crippen LogP contribution >= 0.6 is 0 Å². The maximum atomic E-state index is 8.52. The van der Waals surface area contributed by atoms with Gasteiger partial charge in [0.05, 0.1) is 0 Å². The molecule has 0 N–H and O–H groups in total. The summed E-state index contributed by atoms with van der Waals surface area (Å²) in [6, 6.07) is 0. The van der Waals surface area contributed by atoms with Crippen molar-refractivity contribution >= 4 is 37.9 Å². The third kappa shape index (κ3) is 1700. The molecule has 0 aliphatic heterocycles. The molecule has 0 fully saturated rings. The van der Waals surface area contributed by atoms with Crippen molar-refractivity contribution < 1.29 is 52.1 Å². The molecule has 1 radical (unpaired) electrons. The SMILES string of the molecule is O=S(=O)([O-])[O-].O=S(=O)([O-])[O-].[Mn+2].[SeH4+2]. The molecule has 0 aromatic carbocycles. The van der Waals surface area contributed by atoms with E-state index in [0.717, 1.165) is 0 Å². The van der Waals surface area contributed by atoms with Crippen LogP contribution in [0.5, 0.6) is 0 Å². The standard InChI is InChI=1S/Mn.2H2O4S.H4Se/c;2*1-5(2,3)4;/h;2*(H2,1,2,3,4);1H4/q+2;;;+2/p-4. The second-order valence-corrected chi connectivity index (χ2v) is 2.45. The molecular formula is H4MnO8S2Se. The van der Waals surface area contributed by atoms with E-state index in [1.165, 1.54) is 0 Å². The molecule has 0 aromatic rings. The Hall–Kier alpha value is 0.779. The summed E-state index contributed by atoms with van der Waals surface area (Å²) in [4.78, 5) is 0. The Balaban J connectivity index is -0.0000000457. The van der Waals surface area contributed by atoms with Gasteiger partial charge in [0.2, 0.25) is 0 Å². The summed E-state index contributed by atoms with van der Waals surface area (Å²) >= 11 is 0. The van der Waals surface area contributed by atoms with Gasteiger partial charge in [-0.05, 0) is 0 Å². The van der Waals surface area contributed by atoms with Gasteiger partial charge >= 0.3 is 34.1 Å². The van der Waals surface area contributed by atoms with Crippen molar-refractivity contribution in [3.05, 3.63) is 0 Å². The molecule has 0 aliphatic carbocycles. The first-order valence-corrected chi connectivity index (χ1v) is 4.00. The van der Waals surface area contributed by atoms with Crippen molar-refractivity contribution in [1.82, 2.24) is 0 Å². The summed E-state index contributed by atoms with van der Waals surface area (Å²) in [5.41, 5.74) is 0. The third-order valence-electron chi connectivity index (χ3n) is 0. The molecule has 0 rings (SSSR count). The fourth-order valence-corrected chi connectivity index (χ4v) is 0. The van der Waals surface area contributed by atoms with Gasteiger partial charge in [0.1, 0.15) is 0 Å². The van der Waals surface area contributed by atoms with Crippen LogP contribution in [0.25, 0.3) is 0 Å². The van der Waals surface area contributed by atoms with Crippen LogP contribution < -0.4 is 0 Å². The first-order valence-electron chi connectivity index (χ1n) is 1.33. The van der Waals surface area contributed by atoms with Gasteiger partial charge in [-0.2, -0.15) is 0 Å². The molecule has 77 valence electrons. The zero-order valence-electron chi connectivity index (χ0n) is 5.17. The minimum atomic E-state index is -5.17.